The molecule has 98 valence electrons. The summed E-state index contributed by atoms with van der Waals surface area (Å²) in [5.74, 6) is -1.88. The molecule has 0 aromatic heterocycles. The van der Waals surface area contributed by atoms with E-state index in [2.05, 4.69) is 0 Å². The number of hydrogen-bond acceptors (Lipinski definition) is 3. The highest BCUT2D eigenvalue weighted by molar-refractivity contribution is 6.26. The zero-order chi connectivity index (χ0) is 14.2. The Balaban J connectivity index is 2.51. The Morgan fingerprint density at radius 2 is 1.68 bits per heavy atom. The Labute approximate surface area is 110 Å². The van der Waals surface area contributed by atoms with Crippen molar-refractivity contribution in [3.8, 4) is 0 Å². The van der Waals surface area contributed by atoms with Crippen molar-refractivity contribution in [3.63, 3.8) is 0 Å². The number of carboxylic acid groups (broad SMARTS) is 1. The maximum Gasteiger partial charge on any atom is 0.303 e. The van der Waals surface area contributed by atoms with Gasteiger partial charge in [0, 0.05) is 22.3 Å². The minimum absolute atomic E-state index is 0.159. The first-order chi connectivity index (χ1) is 8.93. The van der Waals surface area contributed by atoms with Crippen LogP contribution in [0.25, 0.3) is 0 Å². The first kappa shape index (κ1) is 13.2. The fraction of sp³-hybridized carbons (Fsp3) is 0.267. The van der Waals surface area contributed by atoms with E-state index in [4.69, 9.17) is 5.11 Å². The molecule has 1 atom stereocenters. The first-order valence-electron chi connectivity index (χ1n) is 6.04. The van der Waals surface area contributed by atoms with Gasteiger partial charge in [0.05, 0.1) is 6.42 Å². The molecule has 0 saturated heterocycles. The molecule has 1 aromatic rings. The second-order valence-corrected chi connectivity index (χ2v) is 4.74. The van der Waals surface area contributed by atoms with Crippen LogP contribution in [0, 0.1) is 5.92 Å². The van der Waals surface area contributed by atoms with Crippen LogP contribution in [0.4, 0.5) is 0 Å². The SMILES string of the molecule is CC1=C(C(C)CC(=O)O)C(=O)c2ccccc2C1=O. The largest absolute Gasteiger partial charge is 0.481 e. The molecule has 0 fully saturated rings. The molecule has 0 saturated carbocycles. The Hall–Kier alpha value is -2.23. The normalized spacial score (nSPS) is 16.3. The standard InChI is InChI=1S/C15H14O4/c1-8(7-12(16)17)13-9(2)14(18)10-5-3-4-6-11(10)15(13)19/h3-6,8H,7H2,1-2H3,(H,16,17). The molecule has 1 unspecified atom stereocenters. The lowest BCUT2D eigenvalue weighted by molar-refractivity contribution is -0.137. The summed E-state index contributed by atoms with van der Waals surface area (Å²) in [7, 11) is 0. The number of carboxylic acids is 1. The van der Waals surface area contributed by atoms with Crippen molar-refractivity contribution in [1.82, 2.24) is 0 Å². The van der Waals surface area contributed by atoms with Crippen molar-refractivity contribution in [3.05, 3.63) is 46.5 Å². The molecule has 19 heavy (non-hydrogen) atoms. The van der Waals surface area contributed by atoms with Crippen LogP contribution in [-0.2, 0) is 4.79 Å². The average Bonchev–Trinajstić information content (AvgIpc) is 2.35. The summed E-state index contributed by atoms with van der Waals surface area (Å²) >= 11 is 0. The third kappa shape index (κ3) is 2.21. The van der Waals surface area contributed by atoms with E-state index in [0.29, 0.717) is 22.3 Å². The maximum absolute atomic E-state index is 12.4. The van der Waals surface area contributed by atoms with Crippen LogP contribution < -0.4 is 0 Å². The highest BCUT2D eigenvalue weighted by Crippen LogP contribution is 2.31. The van der Waals surface area contributed by atoms with E-state index in [9.17, 15) is 14.4 Å². The van der Waals surface area contributed by atoms with Gasteiger partial charge >= 0.3 is 5.97 Å². The lowest BCUT2D eigenvalue weighted by atomic mass is 9.79. The van der Waals surface area contributed by atoms with Crippen LogP contribution >= 0.6 is 0 Å². The lowest BCUT2D eigenvalue weighted by Gasteiger charge is -2.22. The molecule has 1 aliphatic rings. The van der Waals surface area contributed by atoms with E-state index in [0.717, 1.165) is 0 Å². The predicted molar refractivity (Wildman–Crippen MR) is 69.2 cm³/mol. The van der Waals surface area contributed by atoms with Gasteiger partial charge in [0.1, 0.15) is 0 Å². The molecule has 0 amide bonds. The highest BCUT2D eigenvalue weighted by atomic mass is 16.4. The number of Topliss-reactive ketones (excluding diaryl/α,β-unsaturated/α-hetero) is 2. The number of hydrogen-bond donors (Lipinski definition) is 1. The number of allylic oxidation sites excluding steroid dienone is 2. The van der Waals surface area contributed by atoms with Crippen molar-refractivity contribution in [1.29, 1.82) is 0 Å². The van der Waals surface area contributed by atoms with Crippen molar-refractivity contribution in [2.45, 2.75) is 20.3 Å². The summed E-state index contributed by atoms with van der Waals surface area (Å²) in [6.07, 6.45) is -0.159. The molecule has 0 spiro atoms. The van der Waals surface area contributed by atoms with Crippen LogP contribution in [0.3, 0.4) is 0 Å². The zero-order valence-corrected chi connectivity index (χ0v) is 10.8. The Bertz CT molecular complexity index is 610. The molecule has 4 heteroatoms. The van der Waals surface area contributed by atoms with Crippen LogP contribution in [0.5, 0.6) is 0 Å². The molecule has 0 aliphatic heterocycles. The van der Waals surface area contributed by atoms with Crippen molar-refractivity contribution >= 4 is 17.5 Å². The summed E-state index contributed by atoms with van der Waals surface area (Å²) in [4.78, 5) is 35.4. The second-order valence-electron chi connectivity index (χ2n) is 4.74. The van der Waals surface area contributed by atoms with Gasteiger partial charge in [-0.1, -0.05) is 31.2 Å². The number of carbonyl (C=O) groups excluding carboxylic acids is 2. The summed E-state index contributed by atoms with van der Waals surface area (Å²) in [5, 5.41) is 8.83. The van der Waals surface area contributed by atoms with Gasteiger partial charge in [-0.2, -0.15) is 0 Å². The molecule has 2 rings (SSSR count). The minimum atomic E-state index is -0.980. The number of benzene rings is 1. The third-order valence-corrected chi connectivity index (χ3v) is 3.38. The molecule has 4 nitrogen and oxygen atoms in total. The molecule has 0 bridgehead atoms. The molecule has 1 aromatic carbocycles. The van der Waals surface area contributed by atoms with Crippen molar-refractivity contribution in [2.24, 2.45) is 5.92 Å². The van der Waals surface area contributed by atoms with E-state index in [-0.39, 0.29) is 18.0 Å². The van der Waals surface area contributed by atoms with Gasteiger partial charge in [-0.15, -0.1) is 0 Å². The fourth-order valence-corrected chi connectivity index (χ4v) is 2.48. The van der Waals surface area contributed by atoms with Gasteiger partial charge in [-0.05, 0) is 12.8 Å². The number of fused-ring (bicyclic) bond motifs is 1. The van der Waals surface area contributed by atoms with Gasteiger partial charge < -0.3 is 5.11 Å². The topological polar surface area (TPSA) is 71.4 Å². The molecular weight excluding hydrogens is 244 g/mol. The Morgan fingerprint density at radius 1 is 1.16 bits per heavy atom. The summed E-state index contributed by atoms with van der Waals surface area (Å²) < 4.78 is 0. The van der Waals surface area contributed by atoms with E-state index in [1.54, 1.807) is 38.1 Å². The van der Waals surface area contributed by atoms with Crippen LogP contribution in [0.15, 0.2) is 35.4 Å². The van der Waals surface area contributed by atoms with Crippen molar-refractivity contribution < 1.29 is 19.5 Å². The van der Waals surface area contributed by atoms with Crippen LogP contribution in [0.2, 0.25) is 0 Å². The quantitative estimate of drug-likeness (QED) is 0.904. The zero-order valence-electron chi connectivity index (χ0n) is 10.8. The highest BCUT2D eigenvalue weighted by Gasteiger charge is 2.32. The number of carbonyl (C=O) groups is 3. The van der Waals surface area contributed by atoms with Gasteiger partial charge in [-0.25, -0.2) is 0 Å². The smallest absolute Gasteiger partial charge is 0.303 e. The number of rotatable bonds is 3. The van der Waals surface area contributed by atoms with Gasteiger partial charge in [0.2, 0.25) is 0 Å². The average molecular weight is 258 g/mol. The fourth-order valence-electron chi connectivity index (χ4n) is 2.48. The molecular formula is C15H14O4. The predicted octanol–water partition coefficient (Wildman–Crippen LogP) is 2.49. The van der Waals surface area contributed by atoms with E-state index in [1.807, 2.05) is 0 Å². The van der Waals surface area contributed by atoms with Gasteiger partial charge in [0.15, 0.2) is 11.6 Å². The monoisotopic (exact) mass is 258 g/mol. The summed E-state index contributed by atoms with van der Waals surface area (Å²) in [6.45, 7) is 3.25. The van der Waals surface area contributed by atoms with Crippen molar-refractivity contribution in [2.75, 3.05) is 0 Å². The number of aliphatic carboxylic acids is 1. The maximum atomic E-state index is 12.4. The molecule has 1 N–H and O–H groups in total. The van der Waals surface area contributed by atoms with Gasteiger partial charge in [-0.3, -0.25) is 14.4 Å². The van der Waals surface area contributed by atoms with E-state index >= 15 is 0 Å². The Morgan fingerprint density at radius 3 is 2.21 bits per heavy atom. The number of ketones is 2. The van der Waals surface area contributed by atoms with Gasteiger partial charge in [0.25, 0.3) is 0 Å². The summed E-state index contributed by atoms with van der Waals surface area (Å²) in [6, 6.07) is 6.64. The Kier molecular flexibility index (Phi) is 3.34. The van der Waals surface area contributed by atoms with E-state index in [1.165, 1.54) is 0 Å². The van der Waals surface area contributed by atoms with Crippen LogP contribution in [0.1, 0.15) is 41.0 Å². The molecule has 0 radical (unpaired) electrons. The third-order valence-electron chi connectivity index (χ3n) is 3.38. The molecule has 1 aliphatic carbocycles. The molecule has 0 heterocycles. The van der Waals surface area contributed by atoms with E-state index < -0.39 is 11.9 Å². The summed E-state index contributed by atoms with van der Waals surface area (Å²) in [5.41, 5.74) is 1.45. The minimum Gasteiger partial charge on any atom is -0.481 e. The van der Waals surface area contributed by atoms with Crippen LogP contribution in [-0.4, -0.2) is 22.6 Å². The first-order valence-corrected chi connectivity index (χ1v) is 6.04. The second kappa shape index (κ2) is 4.80. The lowest BCUT2D eigenvalue weighted by Crippen LogP contribution is -2.25.